The van der Waals surface area contributed by atoms with Crippen molar-refractivity contribution in [3.63, 3.8) is 0 Å². The lowest BCUT2D eigenvalue weighted by molar-refractivity contribution is -0.146. The molecule has 16 nitrogen and oxygen atoms in total. The summed E-state index contributed by atoms with van der Waals surface area (Å²) in [7, 11) is 0.593. The number of ether oxygens (including phenoxy) is 2. The average molecular weight is 765 g/mol. The molecule has 1 saturated heterocycles. The first-order chi connectivity index (χ1) is 25.0. The molecule has 1 aromatic carbocycles. The topological polar surface area (TPSA) is 226 Å². The predicted molar refractivity (Wildman–Crippen MR) is 202 cm³/mol. The molecule has 53 heavy (non-hydrogen) atoms. The minimum absolute atomic E-state index is 0.000349. The normalized spacial score (nSPS) is 18.5. The van der Waals surface area contributed by atoms with Gasteiger partial charge in [-0.3, -0.25) is 23.9 Å². The Hall–Kier alpha value is -3.76. The van der Waals surface area contributed by atoms with Crippen LogP contribution in [0.3, 0.4) is 0 Å². The molecule has 298 valence electrons. The highest BCUT2D eigenvalue weighted by atomic mass is 32.2. The minimum Gasteiger partial charge on any atom is -0.379 e. The number of methoxy groups -OCH3 is 2. The van der Waals surface area contributed by atoms with Crippen LogP contribution in [0.5, 0.6) is 0 Å². The second-order valence-corrected chi connectivity index (χ2v) is 16.0. The van der Waals surface area contributed by atoms with E-state index in [2.05, 4.69) is 15.3 Å². The van der Waals surface area contributed by atoms with Crippen molar-refractivity contribution < 1.29 is 37.1 Å². The van der Waals surface area contributed by atoms with Gasteiger partial charge in [-0.05, 0) is 42.2 Å². The summed E-state index contributed by atoms with van der Waals surface area (Å²) in [4.78, 5) is 60.4. The maximum Gasteiger partial charge on any atom is 0.256 e. The summed E-state index contributed by atoms with van der Waals surface area (Å²) in [6.07, 6.45) is 0.616. The van der Waals surface area contributed by atoms with E-state index < -0.39 is 69.9 Å². The molecule has 1 aliphatic rings. The number of rotatable bonds is 22. The van der Waals surface area contributed by atoms with Crippen molar-refractivity contribution in [3.8, 4) is 0 Å². The molecule has 4 amide bonds. The molecule has 0 bridgehead atoms. The van der Waals surface area contributed by atoms with Gasteiger partial charge in [-0.15, -0.1) is 0 Å². The Kier molecular flexibility index (Phi) is 18.7. The molecule has 0 saturated carbocycles. The molecule has 17 heteroatoms. The first kappa shape index (κ1) is 45.4. The summed E-state index contributed by atoms with van der Waals surface area (Å²) in [6.45, 7) is 9.82. The van der Waals surface area contributed by atoms with E-state index in [-0.39, 0.29) is 49.5 Å². The fraction of sp³-hybridized carbons (Fsp3) is 0.722. The number of carbonyl (C=O) groups is 4. The fourth-order valence-electron chi connectivity index (χ4n) is 6.83. The Labute approximate surface area is 314 Å². The molecule has 4 N–H and O–H groups in total. The van der Waals surface area contributed by atoms with Gasteiger partial charge >= 0.3 is 0 Å². The van der Waals surface area contributed by atoms with Gasteiger partial charge in [0, 0.05) is 45.7 Å². The Morgan fingerprint density at radius 3 is 2.32 bits per heavy atom. The van der Waals surface area contributed by atoms with Gasteiger partial charge in [-0.1, -0.05) is 76.5 Å². The van der Waals surface area contributed by atoms with Crippen LogP contribution in [0.2, 0.25) is 0 Å². The third-order valence-corrected chi connectivity index (χ3v) is 11.5. The third kappa shape index (κ3) is 13.2. The van der Waals surface area contributed by atoms with Crippen molar-refractivity contribution in [2.45, 2.75) is 110 Å². The van der Waals surface area contributed by atoms with E-state index >= 15 is 0 Å². The molecular formula is C36H60N8O8S. The molecule has 8 atom stereocenters. The molecule has 1 aliphatic heterocycles. The van der Waals surface area contributed by atoms with E-state index in [1.54, 1.807) is 54.1 Å². The molecule has 1 aromatic rings. The molecule has 2 rings (SSSR count). The van der Waals surface area contributed by atoms with Crippen LogP contribution < -0.4 is 15.8 Å². The SMILES string of the molecule is CC[C@H](C)[C@@H]([C@@H](CC(=O)N1CCC[C@H]1C(OC)[C@@H](C)C(=O)N[C@@H](Cc1ccccc1)C(=O)NS(=O)(=O)CCCN=[N+]=[N-])OC)N(C)C(=O)[C@@H](N)C(C)C. The number of hydrogen-bond donors (Lipinski definition) is 3. The lowest BCUT2D eigenvalue weighted by Gasteiger charge is -2.40. The monoisotopic (exact) mass is 764 g/mol. The predicted octanol–water partition coefficient (Wildman–Crippen LogP) is 2.76. The van der Waals surface area contributed by atoms with Crippen molar-refractivity contribution in [3.05, 3.63) is 46.3 Å². The van der Waals surface area contributed by atoms with Gasteiger partial charge in [0.2, 0.25) is 27.7 Å². The molecule has 0 spiro atoms. The van der Waals surface area contributed by atoms with Crippen molar-refractivity contribution in [1.29, 1.82) is 0 Å². The van der Waals surface area contributed by atoms with Crippen LogP contribution in [0.15, 0.2) is 35.4 Å². The smallest absolute Gasteiger partial charge is 0.256 e. The summed E-state index contributed by atoms with van der Waals surface area (Å²) < 4.78 is 39.1. The number of likely N-dealkylation sites (N-methyl/N-ethyl adjacent to an activating group) is 1. The van der Waals surface area contributed by atoms with E-state index in [1.165, 1.54) is 14.2 Å². The van der Waals surface area contributed by atoms with E-state index in [0.717, 1.165) is 6.42 Å². The average Bonchev–Trinajstić information content (AvgIpc) is 3.62. The number of amides is 4. The standard InChI is InChI=1S/C36H60N8O8S/c1-9-24(4)32(43(6)36(48)31(37)23(2)3)29(51-7)22-30(45)44-19-13-17-28(44)33(52-8)25(5)34(46)40-27(21-26-15-11-10-12-16-26)35(47)41-53(49,50)20-14-18-39-42-38/h10-12,15-16,23-25,27-29,31-33H,9,13-14,17-22,37H2,1-8H3,(H,40,46)(H,41,47)/t24-,25+,27-,28-,29+,31-,32-,33?/m0/s1. The number of azide groups is 1. The van der Waals surface area contributed by atoms with Crippen LogP contribution >= 0.6 is 0 Å². The second kappa shape index (κ2) is 21.8. The minimum atomic E-state index is -4.09. The highest BCUT2D eigenvalue weighted by molar-refractivity contribution is 7.90. The summed E-state index contributed by atoms with van der Waals surface area (Å²) in [5.41, 5.74) is 15.4. The van der Waals surface area contributed by atoms with Crippen LogP contribution in [0, 0.1) is 17.8 Å². The summed E-state index contributed by atoms with van der Waals surface area (Å²) >= 11 is 0. The number of nitrogens with two attached hydrogens (primary N) is 1. The van der Waals surface area contributed by atoms with Gasteiger partial charge in [0.1, 0.15) is 6.04 Å². The zero-order valence-electron chi connectivity index (χ0n) is 32.4. The third-order valence-electron chi connectivity index (χ3n) is 10.2. The van der Waals surface area contributed by atoms with Gasteiger partial charge in [0.25, 0.3) is 5.91 Å². The van der Waals surface area contributed by atoms with Gasteiger partial charge in [-0.2, -0.15) is 0 Å². The van der Waals surface area contributed by atoms with Crippen LogP contribution in [0.4, 0.5) is 0 Å². The zero-order chi connectivity index (χ0) is 39.9. The highest BCUT2D eigenvalue weighted by Gasteiger charge is 2.43. The molecule has 0 aromatic heterocycles. The van der Waals surface area contributed by atoms with Crippen molar-refractivity contribution in [1.82, 2.24) is 19.8 Å². The summed E-state index contributed by atoms with van der Waals surface area (Å²) in [6, 6.07) is 6.01. The van der Waals surface area contributed by atoms with Crippen LogP contribution in [-0.4, -0.2) is 118 Å². The lowest BCUT2D eigenvalue weighted by Crippen LogP contribution is -2.56. The van der Waals surface area contributed by atoms with Crippen LogP contribution in [0.25, 0.3) is 10.4 Å². The number of sulfonamides is 1. The summed E-state index contributed by atoms with van der Waals surface area (Å²) in [5.74, 6) is -3.26. The van der Waals surface area contributed by atoms with Crippen molar-refractivity contribution in [2.75, 3.05) is 40.1 Å². The number of benzene rings is 1. The quantitative estimate of drug-likeness (QED) is 0.0682. The Morgan fingerprint density at radius 2 is 1.75 bits per heavy atom. The van der Waals surface area contributed by atoms with Gasteiger partial charge in [0.05, 0.1) is 48.4 Å². The Morgan fingerprint density at radius 1 is 1.09 bits per heavy atom. The van der Waals surface area contributed by atoms with Crippen molar-refractivity contribution in [2.24, 2.45) is 28.6 Å². The number of likely N-dealkylation sites (tertiary alicyclic amines) is 1. The first-order valence-electron chi connectivity index (χ1n) is 18.3. The van der Waals surface area contributed by atoms with Crippen LogP contribution in [0.1, 0.15) is 72.3 Å². The van der Waals surface area contributed by atoms with E-state index in [4.69, 9.17) is 20.7 Å². The van der Waals surface area contributed by atoms with E-state index in [1.807, 2.05) is 32.4 Å². The maximum atomic E-state index is 14.0. The summed E-state index contributed by atoms with van der Waals surface area (Å²) in [5, 5.41) is 6.05. The van der Waals surface area contributed by atoms with Crippen LogP contribution in [-0.2, 0) is 45.1 Å². The molecule has 1 unspecified atom stereocenters. The number of hydrogen-bond acceptors (Lipinski definition) is 10. The lowest BCUT2D eigenvalue weighted by atomic mass is 9.89. The zero-order valence-corrected chi connectivity index (χ0v) is 33.3. The van der Waals surface area contributed by atoms with Gasteiger partial charge < -0.3 is 30.3 Å². The Balaban J connectivity index is 2.27. The number of nitrogens with one attached hydrogen (secondary N) is 2. The molecular weight excluding hydrogens is 705 g/mol. The van der Waals surface area contributed by atoms with E-state index in [0.29, 0.717) is 24.9 Å². The highest BCUT2D eigenvalue weighted by Crippen LogP contribution is 2.29. The van der Waals surface area contributed by atoms with Crippen molar-refractivity contribution >= 4 is 33.7 Å². The fourth-order valence-corrected chi connectivity index (χ4v) is 7.89. The van der Waals surface area contributed by atoms with Gasteiger partial charge in [-0.25, -0.2) is 8.42 Å². The molecule has 1 heterocycles. The van der Waals surface area contributed by atoms with E-state index in [9.17, 15) is 27.6 Å². The number of carbonyl (C=O) groups excluding carboxylic acids is 4. The molecule has 0 aliphatic carbocycles. The first-order valence-corrected chi connectivity index (χ1v) is 19.9. The largest absolute Gasteiger partial charge is 0.379 e. The Bertz CT molecular complexity index is 1510. The number of nitrogens with zero attached hydrogens (tertiary/aromatic N) is 5. The second-order valence-electron chi connectivity index (χ2n) is 14.2. The molecule has 0 radical (unpaired) electrons. The molecule has 1 fully saturated rings. The van der Waals surface area contributed by atoms with Gasteiger partial charge in [0.15, 0.2) is 0 Å². The maximum absolute atomic E-state index is 14.0.